The number of hydrogen-bond acceptors (Lipinski definition) is 7. The summed E-state index contributed by atoms with van der Waals surface area (Å²) in [6.45, 7) is 4.76. The fraction of sp³-hybridized carbons (Fsp3) is 0.333. The predicted octanol–water partition coefficient (Wildman–Crippen LogP) is 2.20. The van der Waals surface area contributed by atoms with Crippen LogP contribution in [0.1, 0.15) is 31.0 Å². The van der Waals surface area contributed by atoms with Gasteiger partial charge in [0.25, 0.3) is 0 Å². The number of para-hydroxylation sites is 1. The number of rotatable bonds is 12. The van der Waals surface area contributed by atoms with Crippen molar-refractivity contribution in [1.82, 2.24) is 30.0 Å². The maximum absolute atomic E-state index is 13.7. The second-order valence-electron chi connectivity index (χ2n) is 11.1. The highest BCUT2D eigenvalue weighted by Crippen LogP contribution is 2.25. The zero-order valence-corrected chi connectivity index (χ0v) is 25.2. The van der Waals surface area contributed by atoms with E-state index in [1.165, 1.54) is 18.1 Å². The van der Waals surface area contributed by atoms with Crippen LogP contribution in [0.25, 0.3) is 10.9 Å². The van der Waals surface area contributed by atoms with Gasteiger partial charge in [-0.15, -0.1) is 0 Å². The van der Waals surface area contributed by atoms with Gasteiger partial charge in [-0.25, -0.2) is 4.98 Å². The minimum atomic E-state index is -1.16. The van der Waals surface area contributed by atoms with Gasteiger partial charge in [0.1, 0.15) is 17.8 Å². The van der Waals surface area contributed by atoms with Crippen LogP contribution < -0.4 is 20.6 Å². The average Bonchev–Trinajstić information content (AvgIpc) is 3.59. The van der Waals surface area contributed by atoms with Crippen LogP contribution in [0, 0.1) is 0 Å². The van der Waals surface area contributed by atoms with Gasteiger partial charge < -0.3 is 40.1 Å². The van der Waals surface area contributed by atoms with Crippen molar-refractivity contribution < 1.29 is 24.1 Å². The molecule has 2 aromatic carbocycles. The maximum atomic E-state index is 13.7. The highest BCUT2D eigenvalue weighted by atomic mass is 16.5. The van der Waals surface area contributed by atoms with Gasteiger partial charge in [-0.3, -0.25) is 14.4 Å². The molecule has 2 atom stereocenters. The van der Waals surface area contributed by atoms with Gasteiger partial charge in [0, 0.05) is 43.8 Å². The van der Waals surface area contributed by atoms with Crippen LogP contribution in [0.3, 0.4) is 0 Å². The Morgan fingerprint density at radius 1 is 1.14 bits per heavy atom. The Labute approximate surface area is 251 Å². The molecule has 4 aromatic rings. The number of aromatic amines is 1. The van der Waals surface area contributed by atoms with Crippen LogP contribution >= 0.6 is 0 Å². The molecule has 0 bridgehead atoms. The minimum Gasteiger partial charge on any atom is -0.497 e. The molecule has 12 nitrogen and oxygen atoms in total. The van der Waals surface area contributed by atoms with E-state index in [1.54, 1.807) is 70.1 Å². The van der Waals surface area contributed by atoms with Crippen LogP contribution in [-0.2, 0) is 20.8 Å². The van der Waals surface area contributed by atoms with E-state index in [1.807, 2.05) is 30.5 Å². The fourth-order valence-corrected chi connectivity index (χ4v) is 4.88. The lowest BCUT2D eigenvalue weighted by Crippen LogP contribution is -2.60. The first-order valence-corrected chi connectivity index (χ1v) is 13.9. The number of aromatic nitrogens is 3. The number of nitrogens with zero attached hydrogens (tertiary/aromatic N) is 3. The Balaban J connectivity index is 1.60. The number of ether oxygens (including phenoxy) is 1. The number of likely N-dealkylation sites (N-methyl/N-ethyl adjacent to an activating group) is 1. The molecule has 2 heterocycles. The van der Waals surface area contributed by atoms with Crippen molar-refractivity contribution in [3.8, 4) is 5.75 Å². The number of anilines is 1. The van der Waals surface area contributed by atoms with Crippen LogP contribution in [0.5, 0.6) is 5.75 Å². The standard InChI is InChI=1S/C30H38BN7O5/c1-30(2,36-31(3)42)29(41)34-24(15-20-16-32-23-10-8-7-9-22(20)23)27(39)35-25-17-38(18-33-25)26(28(40)37(4)5)19-11-13-21(43-6)14-12-19/h7-14,16-18,24,26,32,36,42H,15H2,1-6H3,(H,34,41)(H,35,39). The molecule has 5 N–H and O–H groups in total. The summed E-state index contributed by atoms with van der Waals surface area (Å²) in [7, 11) is 3.98. The van der Waals surface area contributed by atoms with Gasteiger partial charge in [0.05, 0.1) is 19.0 Å². The van der Waals surface area contributed by atoms with E-state index in [0.29, 0.717) is 11.3 Å². The second-order valence-corrected chi connectivity index (χ2v) is 11.1. The summed E-state index contributed by atoms with van der Waals surface area (Å²) in [6, 6.07) is 13.1. The van der Waals surface area contributed by atoms with Crippen LogP contribution in [0.15, 0.2) is 67.3 Å². The fourth-order valence-electron chi connectivity index (χ4n) is 4.88. The third kappa shape index (κ3) is 7.43. The molecule has 0 radical (unpaired) electrons. The number of carbonyl (C=O) groups is 3. The number of fused-ring (bicyclic) bond motifs is 1. The number of imidazole rings is 1. The molecule has 0 aliphatic heterocycles. The highest BCUT2D eigenvalue weighted by molar-refractivity contribution is 6.46. The van der Waals surface area contributed by atoms with E-state index in [-0.39, 0.29) is 18.1 Å². The topological polar surface area (TPSA) is 154 Å². The monoisotopic (exact) mass is 587 g/mol. The Bertz CT molecular complexity index is 1580. The van der Waals surface area contributed by atoms with Gasteiger partial charge in [0.15, 0.2) is 5.82 Å². The zero-order chi connectivity index (χ0) is 31.3. The lowest BCUT2D eigenvalue weighted by Gasteiger charge is -2.28. The molecule has 43 heavy (non-hydrogen) atoms. The number of nitrogens with one attached hydrogen (secondary N) is 4. The molecule has 0 saturated heterocycles. The van der Waals surface area contributed by atoms with Crippen LogP contribution in [-0.4, -0.2) is 82.0 Å². The van der Waals surface area contributed by atoms with Crippen molar-refractivity contribution in [3.63, 3.8) is 0 Å². The van der Waals surface area contributed by atoms with Crippen molar-refractivity contribution in [3.05, 3.63) is 78.4 Å². The summed E-state index contributed by atoms with van der Waals surface area (Å²) in [5, 5.41) is 19.2. The van der Waals surface area contributed by atoms with E-state index >= 15 is 0 Å². The Morgan fingerprint density at radius 2 is 1.84 bits per heavy atom. The van der Waals surface area contributed by atoms with Crippen molar-refractivity contribution in [2.75, 3.05) is 26.5 Å². The molecule has 13 heteroatoms. The first-order valence-electron chi connectivity index (χ1n) is 13.9. The SMILES string of the molecule is COc1ccc(C(C(=O)N(C)C)n2cnc(NC(=O)C(Cc3c[nH]c4ccccc34)NC(=O)C(C)(C)NB(C)O)c2)cc1. The van der Waals surface area contributed by atoms with E-state index < -0.39 is 36.5 Å². The molecular formula is C30H38BN7O5. The van der Waals surface area contributed by atoms with Gasteiger partial charge >= 0.3 is 7.05 Å². The molecule has 0 aliphatic rings. The molecular weight excluding hydrogens is 549 g/mol. The largest absolute Gasteiger partial charge is 0.497 e. The summed E-state index contributed by atoms with van der Waals surface area (Å²) in [5.74, 6) is -0.257. The molecule has 0 fully saturated rings. The minimum absolute atomic E-state index is 0.183. The Morgan fingerprint density at radius 3 is 2.49 bits per heavy atom. The maximum Gasteiger partial charge on any atom is 0.374 e. The lowest BCUT2D eigenvalue weighted by molar-refractivity contribution is -0.131. The first-order chi connectivity index (χ1) is 20.4. The molecule has 3 amide bonds. The quantitative estimate of drug-likeness (QED) is 0.159. The van der Waals surface area contributed by atoms with Crippen molar-refractivity contribution in [2.45, 2.75) is 44.7 Å². The van der Waals surface area contributed by atoms with Crippen LogP contribution in [0.4, 0.5) is 5.82 Å². The smallest absolute Gasteiger partial charge is 0.374 e. The van der Waals surface area contributed by atoms with Crippen molar-refractivity contribution in [1.29, 1.82) is 0 Å². The number of hydrogen-bond donors (Lipinski definition) is 5. The Hall–Kier alpha value is -4.62. The molecule has 226 valence electrons. The number of benzene rings is 2. The summed E-state index contributed by atoms with van der Waals surface area (Å²) in [6.07, 6.45) is 5.07. The average molecular weight is 587 g/mol. The van der Waals surface area contributed by atoms with Crippen molar-refractivity contribution >= 4 is 41.5 Å². The number of amides is 3. The highest BCUT2D eigenvalue weighted by Gasteiger charge is 2.33. The van der Waals surface area contributed by atoms with E-state index in [0.717, 1.165) is 16.5 Å². The number of methoxy groups -OCH3 is 1. The van der Waals surface area contributed by atoms with Gasteiger partial charge in [-0.2, -0.15) is 0 Å². The number of carbonyl (C=O) groups excluding carboxylic acids is 3. The molecule has 2 aromatic heterocycles. The summed E-state index contributed by atoms with van der Waals surface area (Å²) < 4.78 is 6.88. The Kier molecular flexibility index (Phi) is 9.57. The van der Waals surface area contributed by atoms with E-state index in [4.69, 9.17) is 4.74 Å². The molecule has 4 rings (SSSR count). The van der Waals surface area contributed by atoms with E-state index in [9.17, 15) is 19.4 Å². The van der Waals surface area contributed by atoms with Crippen LogP contribution in [0.2, 0.25) is 6.82 Å². The van der Waals surface area contributed by atoms with Gasteiger partial charge in [0.2, 0.25) is 17.7 Å². The molecule has 0 spiro atoms. The molecule has 0 saturated carbocycles. The molecule has 2 unspecified atom stereocenters. The zero-order valence-electron chi connectivity index (χ0n) is 25.2. The van der Waals surface area contributed by atoms with Gasteiger partial charge in [-0.05, 0) is 50.0 Å². The molecule has 0 aliphatic carbocycles. The first kappa shape index (κ1) is 31.3. The third-order valence-electron chi connectivity index (χ3n) is 7.12. The number of H-pyrrole nitrogens is 1. The van der Waals surface area contributed by atoms with E-state index in [2.05, 4.69) is 25.8 Å². The summed E-state index contributed by atoms with van der Waals surface area (Å²) in [5.41, 5.74) is 1.31. The second kappa shape index (κ2) is 13.1. The third-order valence-corrected chi connectivity index (χ3v) is 7.12. The normalized spacial score (nSPS) is 12.8. The van der Waals surface area contributed by atoms with Gasteiger partial charge in [-0.1, -0.05) is 30.3 Å². The lowest BCUT2D eigenvalue weighted by atomic mass is 9.83. The predicted molar refractivity (Wildman–Crippen MR) is 166 cm³/mol. The van der Waals surface area contributed by atoms with Crippen molar-refractivity contribution in [2.24, 2.45) is 0 Å². The summed E-state index contributed by atoms with van der Waals surface area (Å²) in [4.78, 5) is 49.2. The summed E-state index contributed by atoms with van der Waals surface area (Å²) >= 11 is 0.